The summed E-state index contributed by atoms with van der Waals surface area (Å²) in [5, 5.41) is 0. The lowest BCUT2D eigenvalue weighted by atomic mass is 10.7. The van der Waals surface area contributed by atoms with Crippen molar-refractivity contribution in [2.24, 2.45) is 0 Å². The summed E-state index contributed by atoms with van der Waals surface area (Å²) in [5.41, 5.74) is 0. The van der Waals surface area contributed by atoms with Crippen LogP contribution in [0.2, 0.25) is 0 Å². The predicted molar refractivity (Wildman–Crippen MR) is 18.1 cm³/mol. The first-order chi connectivity index (χ1) is 4.63. The monoisotopic (exact) mass is 131 g/mol. The molecule has 0 N–H and O–H groups in total. The molecule has 0 saturated heterocycles. The molecule has 0 amide bonds. The Hall–Kier alpha value is -0.740. The minimum absolute atomic E-state index is 2.71. The van der Waals surface area contributed by atoms with Crippen LogP contribution in [0.3, 0.4) is 0 Å². The Morgan fingerprint density at radius 2 is 2.25 bits per heavy atom. The third kappa shape index (κ3) is 1.81. The van der Waals surface area contributed by atoms with Crippen molar-refractivity contribution in [1.29, 1.82) is 0 Å². The molecule has 0 saturated carbocycles. The summed E-state index contributed by atoms with van der Waals surface area (Å²) in [6.07, 6.45) is -5.26. The summed E-state index contributed by atoms with van der Waals surface area (Å²) in [5.74, 6) is -2.71. The quantitative estimate of drug-likeness (QED) is 0.453. The summed E-state index contributed by atoms with van der Waals surface area (Å²) in [4.78, 5) is 9.77. The van der Waals surface area contributed by atoms with Gasteiger partial charge < -0.3 is 4.74 Å². The van der Waals surface area contributed by atoms with Crippen LogP contribution in [-0.2, 0) is 9.53 Å². The normalized spacial score (nSPS) is 18.1. The number of alkyl halides is 3. The maximum Gasteiger partial charge on any atom is 0.490 e. The largest absolute Gasteiger partial charge is 0.490 e. The van der Waals surface area contributed by atoms with Gasteiger partial charge in [0.15, 0.2) is 0 Å². The van der Waals surface area contributed by atoms with Gasteiger partial charge in [-0.25, -0.2) is 4.79 Å². The lowest BCUT2D eigenvalue weighted by Crippen LogP contribution is -2.23. The highest BCUT2D eigenvalue weighted by Crippen LogP contribution is 2.15. The minimum atomic E-state index is -5.26. The fourth-order valence-electron chi connectivity index (χ4n) is 0.0579. The highest BCUT2D eigenvalue weighted by Gasteiger charge is 2.39. The zero-order valence-electron chi connectivity index (χ0n) is 6.45. The van der Waals surface area contributed by atoms with Gasteiger partial charge in [-0.2, -0.15) is 13.2 Å². The fourth-order valence-corrected chi connectivity index (χ4v) is 0.0579. The third-order valence-electron chi connectivity index (χ3n) is 0.324. The van der Waals surface area contributed by atoms with Gasteiger partial charge in [0.2, 0.25) is 0 Å². The number of esters is 1. The topological polar surface area (TPSA) is 26.3 Å². The Labute approximate surface area is 47.5 Å². The molecule has 0 unspecified atom stereocenters. The molecular weight excluding hydrogens is 125 g/mol. The Morgan fingerprint density at radius 1 is 1.75 bits per heavy atom. The molecule has 0 aliphatic carbocycles. The molecule has 48 valence electrons. The first-order valence-corrected chi connectivity index (χ1v) is 1.43. The van der Waals surface area contributed by atoms with Crippen LogP contribution in [0.15, 0.2) is 0 Å². The Balaban J connectivity index is 4.11. The Morgan fingerprint density at radius 3 is 2.38 bits per heavy atom. The number of hydrogen-bond acceptors (Lipinski definition) is 2. The molecule has 5 heteroatoms. The van der Waals surface area contributed by atoms with Crippen molar-refractivity contribution < 1.29 is 26.8 Å². The van der Waals surface area contributed by atoms with Gasteiger partial charge in [0.1, 0.15) is 0 Å². The van der Waals surface area contributed by atoms with E-state index in [2.05, 4.69) is 4.74 Å². The van der Waals surface area contributed by atoms with E-state index < -0.39 is 19.2 Å². The molecule has 0 atom stereocenters. The highest BCUT2D eigenvalue weighted by molar-refractivity contribution is 5.75. The smallest absolute Gasteiger partial charge is 0.462 e. The zero-order valence-corrected chi connectivity index (χ0v) is 3.45. The third-order valence-corrected chi connectivity index (χ3v) is 0.324. The van der Waals surface area contributed by atoms with Crippen molar-refractivity contribution in [3.63, 3.8) is 0 Å². The van der Waals surface area contributed by atoms with Crippen LogP contribution in [-0.4, -0.2) is 19.2 Å². The number of halogens is 3. The van der Waals surface area contributed by atoms with Crippen molar-refractivity contribution in [1.82, 2.24) is 0 Å². The van der Waals surface area contributed by atoms with Crippen molar-refractivity contribution in [2.45, 2.75) is 6.18 Å². The molecule has 0 radical (unpaired) electrons. The van der Waals surface area contributed by atoms with Gasteiger partial charge in [0, 0.05) is 0 Å². The lowest BCUT2D eigenvalue weighted by Gasteiger charge is -1.99. The molecule has 0 bridgehead atoms. The zero-order chi connectivity index (χ0) is 9.28. The average molecular weight is 131 g/mol. The van der Waals surface area contributed by atoms with E-state index in [0.717, 1.165) is 0 Å². The van der Waals surface area contributed by atoms with Gasteiger partial charge in [-0.3, -0.25) is 0 Å². The summed E-state index contributed by atoms with van der Waals surface area (Å²) < 4.78 is 55.2. The van der Waals surface area contributed by atoms with E-state index in [9.17, 15) is 18.0 Å². The second kappa shape index (κ2) is 2.02. The van der Waals surface area contributed by atoms with Crippen LogP contribution < -0.4 is 0 Å². The van der Waals surface area contributed by atoms with Gasteiger partial charge in [0.25, 0.3) is 0 Å². The van der Waals surface area contributed by atoms with Crippen molar-refractivity contribution in [3.05, 3.63) is 0 Å². The summed E-state index contributed by atoms with van der Waals surface area (Å²) in [7, 11) is -3.34. The number of rotatable bonds is 0. The number of methoxy groups -OCH3 is 1. The molecule has 0 heterocycles. The Bertz CT molecular complexity index is 160. The second-order valence-electron chi connectivity index (χ2n) is 0.887. The van der Waals surface area contributed by atoms with E-state index in [-0.39, 0.29) is 0 Å². The van der Waals surface area contributed by atoms with E-state index in [1.165, 1.54) is 0 Å². The van der Waals surface area contributed by atoms with Crippen molar-refractivity contribution in [3.8, 4) is 0 Å². The van der Waals surface area contributed by atoms with Crippen LogP contribution in [0.1, 0.15) is 4.11 Å². The minimum Gasteiger partial charge on any atom is -0.462 e. The number of carbonyl (C=O) groups is 1. The molecule has 0 fully saturated rings. The molecule has 8 heavy (non-hydrogen) atoms. The molecule has 0 aliphatic heterocycles. The molecule has 0 rings (SSSR count). The van der Waals surface area contributed by atoms with E-state index in [1.54, 1.807) is 0 Å². The van der Waals surface area contributed by atoms with Crippen LogP contribution in [0.5, 0.6) is 0 Å². The number of ether oxygens (including phenoxy) is 1. The van der Waals surface area contributed by atoms with Gasteiger partial charge in [-0.1, -0.05) is 0 Å². The maximum atomic E-state index is 11.3. The molecule has 2 nitrogen and oxygen atoms in total. The number of hydrogen-bond donors (Lipinski definition) is 0. The molecule has 0 aliphatic rings. The summed E-state index contributed by atoms with van der Waals surface area (Å²) in [6, 6.07) is 0. The fraction of sp³-hybridized carbons (Fsp3) is 0.667. The van der Waals surface area contributed by atoms with E-state index in [0.29, 0.717) is 0 Å². The summed E-state index contributed by atoms with van der Waals surface area (Å²) in [6.45, 7) is 0. The predicted octanol–water partition coefficient (Wildman–Crippen LogP) is 0.722. The summed E-state index contributed by atoms with van der Waals surface area (Å²) >= 11 is 0. The average Bonchev–Trinajstić information content (AvgIpc) is 1.56. The molecular formula is C3H3F3O2. The van der Waals surface area contributed by atoms with Crippen LogP contribution in [0.25, 0.3) is 0 Å². The molecule has 0 spiro atoms. The standard InChI is InChI=1S/C3H3F3O2/c1-8-2(7)3(4,5)6/h1H3/i1D3. The SMILES string of the molecule is [2H]C([2H])([2H])OC(=O)C(F)(F)F. The first kappa shape index (κ1) is 3.32. The van der Waals surface area contributed by atoms with Gasteiger partial charge in [-0.05, 0) is 0 Å². The Kier molecular flexibility index (Phi) is 0.838. The van der Waals surface area contributed by atoms with Gasteiger partial charge in [-0.15, -0.1) is 0 Å². The van der Waals surface area contributed by atoms with Crippen molar-refractivity contribution in [2.75, 3.05) is 7.04 Å². The highest BCUT2D eigenvalue weighted by atomic mass is 19.4. The lowest BCUT2D eigenvalue weighted by molar-refractivity contribution is -0.196. The van der Waals surface area contributed by atoms with E-state index in [1.807, 2.05) is 0 Å². The molecule has 0 aromatic heterocycles. The molecule has 0 aromatic carbocycles. The second-order valence-corrected chi connectivity index (χ2v) is 0.887. The van der Waals surface area contributed by atoms with Gasteiger partial charge in [0.05, 0.1) is 11.2 Å². The van der Waals surface area contributed by atoms with Gasteiger partial charge >= 0.3 is 12.1 Å². The number of carbonyl (C=O) groups excluding carboxylic acids is 1. The van der Waals surface area contributed by atoms with Crippen LogP contribution in [0, 0.1) is 0 Å². The van der Waals surface area contributed by atoms with Crippen molar-refractivity contribution >= 4 is 5.97 Å². The van der Waals surface area contributed by atoms with E-state index in [4.69, 9.17) is 4.11 Å². The van der Waals surface area contributed by atoms with Crippen LogP contribution >= 0.6 is 0 Å². The van der Waals surface area contributed by atoms with Crippen LogP contribution in [0.4, 0.5) is 13.2 Å². The maximum absolute atomic E-state index is 11.3. The van der Waals surface area contributed by atoms with E-state index >= 15 is 0 Å². The first-order valence-electron chi connectivity index (χ1n) is 2.93. The molecule has 0 aromatic rings.